The minimum absolute atomic E-state index is 0.327. The van der Waals surface area contributed by atoms with E-state index in [2.05, 4.69) is 10.2 Å². The van der Waals surface area contributed by atoms with Gasteiger partial charge in [-0.25, -0.2) is 0 Å². The van der Waals surface area contributed by atoms with Gasteiger partial charge in [-0.05, 0) is 13.0 Å². The first-order valence-corrected chi connectivity index (χ1v) is 6.89. The number of hydrogen-bond acceptors (Lipinski definition) is 4. The van der Waals surface area contributed by atoms with Crippen molar-refractivity contribution in [2.24, 2.45) is 7.05 Å². The van der Waals surface area contributed by atoms with Crippen LogP contribution in [-0.2, 0) is 13.2 Å². The van der Waals surface area contributed by atoms with Gasteiger partial charge in [-0.1, -0.05) is 30.0 Å². The van der Waals surface area contributed by atoms with E-state index in [9.17, 15) is 18.0 Å². The number of Topliss-reactive ketones (excluding diaryl/α,β-unsaturated/α-hetero) is 1. The van der Waals surface area contributed by atoms with Gasteiger partial charge in [-0.15, -0.1) is 10.2 Å². The molecule has 0 saturated heterocycles. The normalized spacial score (nSPS) is 13.2. The van der Waals surface area contributed by atoms with Gasteiger partial charge in [0.1, 0.15) is 6.33 Å². The van der Waals surface area contributed by atoms with E-state index in [1.807, 2.05) is 0 Å². The maximum atomic E-state index is 12.9. The fraction of sp³-hybridized carbons (Fsp3) is 0.308. The van der Waals surface area contributed by atoms with Gasteiger partial charge in [0.25, 0.3) is 0 Å². The number of benzene rings is 1. The van der Waals surface area contributed by atoms with Crippen molar-refractivity contribution in [1.82, 2.24) is 14.8 Å². The van der Waals surface area contributed by atoms with Gasteiger partial charge in [0, 0.05) is 12.6 Å². The molecule has 1 aromatic carbocycles. The third kappa shape index (κ3) is 3.44. The van der Waals surface area contributed by atoms with E-state index in [4.69, 9.17) is 0 Å². The van der Waals surface area contributed by atoms with Gasteiger partial charge in [0.2, 0.25) is 0 Å². The van der Waals surface area contributed by atoms with Gasteiger partial charge in [-0.2, -0.15) is 13.2 Å². The summed E-state index contributed by atoms with van der Waals surface area (Å²) in [6.07, 6.45) is -3.09. The van der Waals surface area contributed by atoms with Crippen molar-refractivity contribution in [1.29, 1.82) is 0 Å². The summed E-state index contributed by atoms with van der Waals surface area (Å²) < 4.78 is 40.4. The molecule has 1 heterocycles. The third-order valence-electron chi connectivity index (χ3n) is 2.82. The predicted molar refractivity (Wildman–Crippen MR) is 72.1 cm³/mol. The van der Waals surface area contributed by atoms with Gasteiger partial charge >= 0.3 is 6.18 Å². The molecule has 4 nitrogen and oxygen atoms in total. The van der Waals surface area contributed by atoms with Crippen LogP contribution in [0.25, 0.3) is 0 Å². The van der Waals surface area contributed by atoms with E-state index in [1.54, 1.807) is 18.5 Å². The lowest BCUT2D eigenvalue weighted by molar-refractivity contribution is -0.137. The Morgan fingerprint density at radius 3 is 2.57 bits per heavy atom. The second-order valence-electron chi connectivity index (χ2n) is 4.39. The number of rotatable bonds is 4. The molecular weight excluding hydrogens is 303 g/mol. The van der Waals surface area contributed by atoms with Crippen LogP contribution in [0.15, 0.2) is 35.7 Å². The van der Waals surface area contributed by atoms with Gasteiger partial charge in [-0.3, -0.25) is 4.79 Å². The Morgan fingerprint density at radius 2 is 2.00 bits per heavy atom. The second-order valence-corrected chi connectivity index (χ2v) is 5.70. The zero-order valence-electron chi connectivity index (χ0n) is 11.3. The molecule has 1 aromatic heterocycles. The summed E-state index contributed by atoms with van der Waals surface area (Å²) in [5.41, 5.74) is -1.24. The Hall–Kier alpha value is -1.83. The van der Waals surface area contributed by atoms with E-state index >= 15 is 0 Å². The Bertz CT molecular complexity index is 654. The molecular formula is C13H12F3N3OS. The highest BCUT2D eigenvalue weighted by Gasteiger charge is 2.35. The summed E-state index contributed by atoms with van der Waals surface area (Å²) in [4.78, 5) is 12.3. The number of aryl methyl sites for hydroxylation is 1. The molecule has 0 fully saturated rings. The average Bonchev–Trinajstić information content (AvgIpc) is 2.82. The number of halogens is 3. The summed E-state index contributed by atoms with van der Waals surface area (Å²) in [6, 6.07) is 4.79. The maximum Gasteiger partial charge on any atom is 0.417 e. The standard InChI is InChI=1S/C13H12F3N3OS/c1-8(21-12-18-17-7-19(12)2)11(20)9-5-3-4-6-10(9)13(14,15)16/h3-8H,1-2H3/t8-/m0/s1. The Morgan fingerprint density at radius 1 is 1.33 bits per heavy atom. The van der Waals surface area contributed by atoms with E-state index in [0.29, 0.717) is 5.16 Å². The maximum absolute atomic E-state index is 12.9. The molecule has 0 aliphatic carbocycles. The lowest BCUT2D eigenvalue weighted by Gasteiger charge is -2.14. The highest BCUT2D eigenvalue weighted by atomic mass is 32.2. The van der Waals surface area contributed by atoms with Crippen LogP contribution in [0.5, 0.6) is 0 Å². The number of hydrogen-bond donors (Lipinski definition) is 0. The molecule has 0 unspecified atom stereocenters. The van der Waals surface area contributed by atoms with Crippen molar-refractivity contribution < 1.29 is 18.0 Å². The van der Waals surface area contributed by atoms with Crippen LogP contribution in [0.3, 0.4) is 0 Å². The summed E-state index contributed by atoms with van der Waals surface area (Å²) in [5.74, 6) is -0.587. The average molecular weight is 315 g/mol. The van der Waals surface area contributed by atoms with Crippen LogP contribution in [0, 0.1) is 0 Å². The minimum Gasteiger partial charge on any atom is -0.312 e. The number of nitrogens with zero attached hydrogens (tertiary/aromatic N) is 3. The highest BCUT2D eigenvalue weighted by molar-refractivity contribution is 8.00. The van der Waals surface area contributed by atoms with Crippen LogP contribution in [0.1, 0.15) is 22.8 Å². The Kier molecular flexibility index (Phi) is 4.36. The molecule has 0 saturated carbocycles. The van der Waals surface area contributed by atoms with Crippen molar-refractivity contribution in [3.05, 3.63) is 41.7 Å². The van der Waals surface area contributed by atoms with E-state index < -0.39 is 22.8 Å². The van der Waals surface area contributed by atoms with Crippen LogP contribution in [-0.4, -0.2) is 25.8 Å². The van der Waals surface area contributed by atoms with Gasteiger partial charge in [0.05, 0.1) is 10.8 Å². The molecule has 2 rings (SSSR count). The quantitative estimate of drug-likeness (QED) is 0.642. The van der Waals surface area contributed by atoms with Crippen LogP contribution in [0.4, 0.5) is 13.2 Å². The third-order valence-corrected chi connectivity index (χ3v) is 3.97. The van der Waals surface area contributed by atoms with E-state index in [0.717, 1.165) is 17.8 Å². The summed E-state index contributed by atoms with van der Waals surface area (Å²) >= 11 is 1.07. The molecule has 0 N–H and O–H groups in total. The Balaban J connectivity index is 2.26. The van der Waals surface area contributed by atoms with Crippen molar-refractivity contribution in [2.45, 2.75) is 23.5 Å². The van der Waals surface area contributed by atoms with Crippen LogP contribution in [0.2, 0.25) is 0 Å². The summed E-state index contributed by atoms with van der Waals surface area (Å²) in [5, 5.41) is 7.24. The number of carbonyl (C=O) groups excluding carboxylic acids is 1. The molecule has 0 spiro atoms. The number of thioether (sulfide) groups is 1. The topological polar surface area (TPSA) is 47.8 Å². The van der Waals surface area contributed by atoms with E-state index in [-0.39, 0.29) is 5.56 Å². The zero-order chi connectivity index (χ0) is 15.6. The first-order chi connectivity index (χ1) is 9.80. The molecule has 0 radical (unpaired) electrons. The van der Waals surface area contributed by atoms with Crippen LogP contribution >= 0.6 is 11.8 Å². The first-order valence-electron chi connectivity index (χ1n) is 6.02. The zero-order valence-corrected chi connectivity index (χ0v) is 12.1. The number of alkyl halides is 3. The molecule has 0 amide bonds. The van der Waals surface area contributed by atoms with Crippen molar-refractivity contribution in [3.63, 3.8) is 0 Å². The fourth-order valence-corrected chi connectivity index (χ4v) is 2.61. The van der Waals surface area contributed by atoms with Crippen molar-refractivity contribution in [2.75, 3.05) is 0 Å². The van der Waals surface area contributed by atoms with E-state index in [1.165, 1.54) is 24.5 Å². The molecule has 112 valence electrons. The largest absolute Gasteiger partial charge is 0.417 e. The molecule has 21 heavy (non-hydrogen) atoms. The minimum atomic E-state index is -4.55. The molecule has 1 atom stereocenters. The van der Waals surface area contributed by atoms with Gasteiger partial charge < -0.3 is 4.57 Å². The lowest BCUT2D eigenvalue weighted by Crippen LogP contribution is -2.19. The molecule has 8 heteroatoms. The predicted octanol–water partition coefficient (Wildman–Crippen LogP) is 3.20. The number of carbonyl (C=O) groups is 1. The smallest absolute Gasteiger partial charge is 0.312 e. The SMILES string of the molecule is C[C@H](Sc1nncn1C)C(=O)c1ccccc1C(F)(F)F. The number of aromatic nitrogens is 3. The van der Waals surface area contributed by atoms with Crippen LogP contribution < -0.4 is 0 Å². The van der Waals surface area contributed by atoms with Crippen molar-refractivity contribution in [3.8, 4) is 0 Å². The monoisotopic (exact) mass is 315 g/mol. The number of ketones is 1. The molecule has 0 aliphatic heterocycles. The van der Waals surface area contributed by atoms with Gasteiger partial charge in [0.15, 0.2) is 10.9 Å². The highest BCUT2D eigenvalue weighted by Crippen LogP contribution is 2.34. The summed E-state index contributed by atoms with van der Waals surface area (Å²) in [7, 11) is 1.70. The lowest BCUT2D eigenvalue weighted by atomic mass is 10.0. The Labute approximate surface area is 123 Å². The fourth-order valence-electron chi connectivity index (χ4n) is 1.76. The first kappa shape index (κ1) is 15.6. The van der Waals surface area contributed by atoms with Crippen molar-refractivity contribution >= 4 is 17.5 Å². The molecule has 2 aromatic rings. The molecule has 0 aliphatic rings. The molecule has 0 bridgehead atoms. The second kappa shape index (κ2) is 5.88. The summed E-state index contributed by atoms with van der Waals surface area (Å²) in [6.45, 7) is 1.55.